The Hall–Kier alpha value is -1.74. The summed E-state index contributed by atoms with van der Waals surface area (Å²) in [5.74, 6) is 0.350. The molecule has 0 spiro atoms. The second-order valence-electron chi connectivity index (χ2n) is 5.44. The molecule has 0 aromatic heterocycles. The number of rotatable bonds is 3. The van der Waals surface area contributed by atoms with Crippen molar-refractivity contribution in [1.29, 1.82) is 5.26 Å². The Balaban J connectivity index is 2.31. The topological polar surface area (TPSA) is 53.0 Å². The van der Waals surface area contributed by atoms with Gasteiger partial charge in [0.1, 0.15) is 0 Å². The zero-order valence-electron chi connectivity index (χ0n) is 11.8. The molecule has 0 bridgehead atoms. The Morgan fingerprint density at radius 3 is 2.67 bits per heavy atom. The highest BCUT2D eigenvalue weighted by Crippen LogP contribution is 2.36. The van der Waals surface area contributed by atoms with Crippen LogP contribution in [0.2, 0.25) is 0 Å². The molecule has 1 aliphatic rings. The third-order valence-electron chi connectivity index (χ3n) is 4.26. The fraction of sp³-hybridized carbons (Fsp3) is 0.533. The molecule has 1 fully saturated rings. The van der Waals surface area contributed by atoms with Crippen molar-refractivity contribution >= 4 is 5.69 Å². The highest BCUT2D eigenvalue weighted by atomic mass is 19.4. The number of alkyl halides is 3. The Bertz CT molecular complexity index is 548. The zero-order valence-corrected chi connectivity index (χ0v) is 11.8. The van der Waals surface area contributed by atoms with E-state index in [9.17, 15) is 13.2 Å². The molecule has 2 rings (SSSR count). The maximum absolute atomic E-state index is 12.8. The van der Waals surface area contributed by atoms with Crippen molar-refractivity contribution in [1.82, 2.24) is 0 Å². The molecule has 1 aliphatic carbocycles. The van der Waals surface area contributed by atoms with Gasteiger partial charge in [-0.25, -0.2) is 0 Å². The van der Waals surface area contributed by atoms with Gasteiger partial charge < -0.3 is 10.6 Å². The summed E-state index contributed by atoms with van der Waals surface area (Å²) < 4.78 is 38.4. The van der Waals surface area contributed by atoms with Gasteiger partial charge in [-0.3, -0.25) is 0 Å². The summed E-state index contributed by atoms with van der Waals surface area (Å²) in [7, 11) is 1.85. The van der Waals surface area contributed by atoms with Crippen molar-refractivity contribution in [3.8, 4) is 6.07 Å². The molecule has 21 heavy (non-hydrogen) atoms. The van der Waals surface area contributed by atoms with Crippen LogP contribution in [0.15, 0.2) is 18.2 Å². The lowest BCUT2D eigenvalue weighted by Crippen LogP contribution is -2.37. The van der Waals surface area contributed by atoms with Crippen LogP contribution in [0.5, 0.6) is 0 Å². The van der Waals surface area contributed by atoms with Crippen LogP contribution in [-0.2, 0) is 6.18 Å². The molecule has 0 radical (unpaired) electrons. The number of anilines is 1. The van der Waals surface area contributed by atoms with E-state index in [1.54, 1.807) is 6.07 Å². The summed E-state index contributed by atoms with van der Waals surface area (Å²) in [5, 5.41) is 8.96. The molecule has 2 atom stereocenters. The predicted molar refractivity (Wildman–Crippen MR) is 74.7 cm³/mol. The van der Waals surface area contributed by atoms with Crippen LogP contribution >= 0.6 is 0 Å². The van der Waals surface area contributed by atoms with Gasteiger partial charge in [0.2, 0.25) is 0 Å². The van der Waals surface area contributed by atoms with Crippen LogP contribution in [0.25, 0.3) is 0 Å². The van der Waals surface area contributed by atoms with Crippen molar-refractivity contribution in [3.05, 3.63) is 29.3 Å². The predicted octanol–water partition coefficient (Wildman–Crippen LogP) is 3.14. The van der Waals surface area contributed by atoms with Crippen molar-refractivity contribution in [2.45, 2.75) is 31.5 Å². The molecular weight excluding hydrogens is 279 g/mol. The maximum atomic E-state index is 12.8. The summed E-state index contributed by atoms with van der Waals surface area (Å²) >= 11 is 0. The second kappa shape index (κ2) is 5.94. The molecule has 0 saturated heterocycles. The Morgan fingerprint density at radius 1 is 1.38 bits per heavy atom. The van der Waals surface area contributed by atoms with E-state index in [-0.39, 0.29) is 11.6 Å². The van der Waals surface area contributed by atoms with Crippen LogP contribution < -0.4 is 10.6 Å². The fourth-order valence-electron chi connectivity index (χ4n) is 3.08. The summed E-state index contributed by atoms with van der Waals surface area (Å²) in [4.78, 5) is 1.95. The van der Waals surface area contributed by atoms with Crippen LogP contribution in [0.3, 0.4) is 0 Å². The lowest BCUT2D eigenvalue weighted by molar-refractivity contribution is -0.137. The van der Waals surface area contributed by atoms with E-state index >= 15 is 0 Å². The first kappa shape index (κ1) is 15.6. The smallest absolute Gasteiger partial charge is 0.371 e. The molecule has 2 unspecified atom stereocenters. The first-order chi connectivity index (χ1) is 9.88. The highest BCUT2D eigenvalue weighted by molar-refractivity contribution is 5.55. The van der Waals surface area contributed by atoms with E-state index in [1.165, 1.54) is 12.1 Å². The van der Waals surface area contributed by atoms with Crippen molar-refractivity contribution in [2.24, 2.45) is 11.7 Å². The Labute approximate surface area is 122 Å². The number of nitrogens with two attached hydrogens (primary N) is 1. The number of hydrogen-bond acceptors (Lipinski definition) is 3. The molecule has 114 valence electrons. The van der Waals surface area contributed by atoms with Gasteiger partial charge in [-0.2, -0.15) is 18.4 Å². The molecule has 1 saturated carbocycles. The van der Waals surface area contributed by atoms with E-state index in [2.05, 4.69) is 0 Å². The molecule has 6 heteroatoms. The quantitative estimate of drug-likeness (QED) is 0.932. The number of nitriles is 1. The lowest BCUT2D eigenvalue weighted by Gasteiger charge is -2.31. The minimum absolute atomic E-state index is 0.221. The number of hydrogen-bond donors (Lipinski definition) is 1. The summed E-state index contributed by atoms with van der Waals surface area (Å²) in [6.07, 6.45) is -1.42. The summed E-state index contributed by atoms with van der Waals surface area (Å²) in [6.45, 7) is 0.570. The number of nitrogens with zero attached hydrogens (tertiary/aromatic N) is 2. The highest BCUT2D eigenvalue weighted by Gasteiger charge is 2.34. The molecule has 1 aromatic carbocycles. The molecule has 1 aromatic rings. The standard InChI is InChI=1S/C15H18F3N3/c1-21(14-4-2-3-10(14)8-19)12-5-6-13(15(16,17)18)11(7-12)9-20/h5-7,10,14H,2-4,8,19H2,1H3. The van der Waals surface area contributed by atoms with Gasteiger partial charge >= 0.3 is 6.18 Å². The maximum Gasteiger partial charge on any atom is 0.417 e. The van der Waals surface area contributed by atoms with E-state index in [1.807, 2.05) is 11.9 Å². The van der Waals surface area contributed by atoms with Crippen LogP contribution in [-0.4, -0.2) is 19.6 Å². The zero-order chi connectivity index (χ0) is 15.6. The second-order valence-corrected chi connectivity index (χ2v) is 5.44. The Morgan fingerprint density at radius 2 is 2.10 bits per heavy atom. The minimum atomic E-state index is -4.50. The van der Waals surface area contributed by atoms with Crippen molar-refractivity contribution < 1.29 is 13.2 Å². The van der Waals surface area contributed by atoms with E-state index in [0.29, 0.717) is 18.2 Å². The third-order valence-corrected chi connectivity index (χ3v) is 4.26. The summed E-state index contributed by atoms with van der Waals surface area (Å²) in [6, 6.07) is 5.59. The molecular formula is C15H18F3N3. The van der Waals surface area contributed by atoms with Gasteiger partial charge in [-0.05, 0) is 43.5 Å². The lowest BCUT2D eigenvalue weighted by atomic mass is 10.0. The van der Waals surface area contributed by atoms with Gasteiger partial charge in [0.05, 0.1) is 17.2 Å². The van der Waals surface area contributed by atoms with Crippen LogP contribution in [0, 0.1) is 17.2 Å². The molecule has 0 amide bonds. The van der Waals surface area contributed by atoms with Gasteiger partial charge in [0.25, 0.3) is 0 Å². The molecule has 3 nitrogen and oxygen atoms in total. The van der Waals surface area contributed by atoms with Gasteiger partial charge in [-0.15, -0.1) is 0 Å². The first-order valence-electron chi connectivity index (χ1n) is 6.92. The average Bonchev–Trinajstić information content (AvgIpc) is 2.93. The SMILES string of the molecule is CN(c1ccc(C(F)(F)F)c(C#N)c1)C1CCCC1CN. The first-order valence-corrected chi connectivity index (χ1v) is 6.92. The average molecular weight is 297 g/mol. The molecule has 0 heterocycles. The van der Waals surface area contributed by atoms with Crippen molar-refractivity contribution in [3.63, 3.8) is 0 Å². The monoisotopic (exact) mass is 297 g/mol. The van der Waals surface area contributed by atoms with E-state index in [0.717, 1.165) is 25.3 Å². The minimum Gasteiger partial charge on any atom is -0.371 e. The van der Waals surface area contributed by atoms with Gasteiger partial charge in [0, 0.05) is 18.8 Å². The van der Waals surface area contributed by atoms with Crippen molar-refractivity contribution in [2.75, 3.05) is 18.5 Å². The van der Waals surface area contributed by atoms with Gasteiger partial charge in [0.15, 0.2) is 0 Å². The molecule has 0 aliphatic heterocycles. The molecule has 2 N–H and O–H groups in total. The summed E-state index contributed by atoms with van der Waals surface area (Å²) in [5.41, 5.74) is 5.16. The Kier molecular flexibility index (Phi) is 4.43. The van der Waals surface area contributed by atoms with Crippen LogP contribution in [0.4, 0.5) is 18.9 Å². The largest absolute Gasteiger partial charge is 0.417 e. The van der Waals surface area contributed by atoms with Crippen LogP contribution in [0.1, 0.15) is 30.4 Å². The normalized spacial score (nSPS) is 22.1. The number of benzene rings is 1. The fourth-order valence-corrected chi connectivity index (χ4v) is 3.08. The number of halogens is 3. The third kappa shape index (κ3) is 3.13. The van der Waals surface area contributed by atoms with E-state index in [4.69, 9.17) is 11.0 Å². The van der Waals surface area contributed by atoms with Gasteiger partial charge in [-0.1, -0.05) is 6.42 Å². The van der Waals surface area contributed by atoms with E-state index < -0.39 is 11.7 Å².